The van der Waals surface area contributed by atoms with Crippen molar-refractivity contribution in [1.82, 2.24) is 15.7 Å². The zero-order valence-electron chi connectivity index (χ0n) is 12.8. The fourth-order valence-electron chi connectivity index (χ4n) is 1.85. The molecule has 0 bridgehead atoms. The monoisotopic (exact) mass is 333 g/mol. The number of hydrogen-bond acceptors (Lipinski definition) is 7. The van der Waals surface area contributed by atoms with E-state index in [1.807, 2.05) is 0 Å². The lowest BCUT2D eigenvalue weighted by Gasteiger charge is -2.15. The van der Waals surface area contributed by atoms with Crippen LogP contribution in [0.1, 0.15) is 17.3 Å². The number of hydrazone groups is 1. The van der Waals surface area contributed by atoms with Crippen LogP contribution in [0.3, 0.4) is 0 Å². The Morgan fingerprint density at radius 1 is 1.54 bits per heavy atom. The maximum Gasteiger partial charge on any atom is 0.253 e. The third kappa shape index (κ3) is 4.15. The highest BCUT2D eigenvalue weighted by Crippen LogP contribution is 2.13. The molecule has 0 saturated carbocycles. The van der Waals surface area contributed by atoms with Crippen molar-refractivity contribution in [2.45, 2.75) is 6.92 Å². The summed E-state index contributed by atoms with van der Waals surface area (Å²) in [7, 11) is 0. The van der Waals surface area contributed by atoms with Crippen molar-refractivity contribution >= 4 is 18.0 Å². The van der Waals surface area contributed by atoms with Gasteiger partial charge in [0, 0.05) is 12.4 Å². The number of carbonyl (C=O) groups is 1. The number of rotatable bonds is 5. The van der Waals surface area contributed by atoms with E-state index in [0.717, 1.165) is 12.3 Å². The molecular weight excluding hydrogens is 317 g/mol. The summed E-state index contributed by atoms with van der Waals surface area (Å²) in [6, 6.07) is 0.876. The number of nitrogens with zero attached hydrogens (tertiary/aromatic N) is 2. The van der Waals surface area contributed by atoms with E-state index in [-0.39, 0.29) is 18.0 Å². The van der Waals surface area contributed by atoms with Crippen molar-refractivity contribution in [3.05, 3.63) is 47.1 Å². The number of hydrogen-bond donors (Lipinski definition) is 4. The first-order valence-corrected chi connectivity index (χ1v) is 7.06. The predicted octanol–water partition coefficient (Wildman–Crippen LogP) is 1.07. The number of nitrogens with one attached hydrogen (secondary N) is 3. The maximum atomic E-state index is 13.3. The first kappa shape index (κ1) is 17.1. The average Bonchev–Trinajstić information content (AvgIpc) is 2.58. The molecule has 1 aromatic heterocycles. The van der Waals surface area contributed by atoms with Crippen molar-refractivity contribution in [3.8, 4) is 5.88 Å². The molecule has 0 unspecified atom stereocenters. The zero-order valence-corrected chi connectivity index (χ0v) is 12.8. The number of amides is 1. The summed E-state index contributed by atoms with van der Waals surface area (Å²) in [4.78, 5) is 15.5. The molecule has 24 heavy (non-hydrogen) atoms. The van der Waals surface area contributed by atoms with E-state index in [1.165, 1.54) is 6.21 Å². The third-order valence-corrected chi connectivity index (χ3v) is 3.01. The highest BCUT2D eigenvalue weighted by Gasteiger charge is 2.16. The van der Waals surface area contributed by atoms with Gasteiger partial charge in [-0.2, -0.15) is 5.10 Å². The number of ether oxygens (including phenoxy) is 1. The molecular formula is C15H16FN5O3. The van der Waals surface area contributed by atoms with Gasteiger partial charge in [-0.1, -0.05) is 0 Å². The van der Waals surface area contributed by atoms with Crippen LogP contribution in [0.2, 0.25) is 0 Å². The Balaban J connectivity index is 2.14. The second-order valence-electron chi connectivity index (χ2n) is 4.62. The van der Waals surface area contributed by atoms with Crippen LogP contribution in [0.25, 0.3) is 0 Å². The van der Waals surface area contributed by atoms with E-state index in [1.54, 1.807) is 19.1 Å². The number of halogens is 1. The molecule has 2 heterocycles. The molecule has 0 saturated heterocycles. The smallest absolute Gasteiger partial charge is 0.253 e. The summed E-state index contributed by atoms with van der Waals surface area (Å²) in [6.45, 7) is 1.99. The molecule has 1 aliphatic rings. The van der Waals surface area contributed by atoms with E-state index in [9.17, 15) is 9.18 Å². The minimum Gasteiger partial charge on any atom is -0.491 e. The first-order chi connectivity index (χ1) is 11.5. The highest BCUT2D eigenvalue weighted by molar-refractivity contribution is 5.97. The lowest BCUT2D eigenvalue weighted by atomic mass is 10.1. The van der Waals surface area contributed by atoms with Crippen molar-refractivity contribution in [2.24, 2.45) is 5.10 Å². The molecule has 1 aromatic rings. The summed E-state index contributed by atoms with van der Waals surface area (Å²) in [5, 5.41) is 23.4. The van der Waals surface area contributed by atoms with Gasteiger partial charge in [0.1, 0.15) is 0 Å². The number of carbonyl (C=O) groups excluding carboxylic acids is 1. The van der Waals surface area contributed by atoms with Gasteiger partial charge in [-0.25, -0.2) is 9.37 Å². The topological polar surface area (TPSA) is 120 Å². The summed E-state index contributed by atoms with van der Waals surface area (Å²) >= 11 is 0. The van der Waals surface area contributed by atoms with Crippen molar-refractivity contribution in [2.75, 3.05) is 13.2 Å². The second kappa shape index (κ2) is 7.86. The summed E-state index contributed by atoms with van der Waals surface area (Å²) in [5.41, 5.74) is 3.56. The largest absolute Gasteiger partial charge is 0.491 e. The maximum absolute atomic E-state index is 13.3. The predicted molar refractivity (Wildman–Crippen MR) is 85.3 cm³/mol. The zero-order chi connectivity index (χ0) is 17.5. The lowest BCUT2D eigenvalue weighted by Crippen LogP contribution is -2.30. The summed E-state index contributed by atoms with van der Waals surface area (Å²) < 4.78 is 18.4. The Kier molecular flexibility index (Phi) is 5.61. The van der Waals surface area contributed by atoms with E-state index in [4.69, 9.17) is 15.3 Å². The van der Waals surface area contributed by atoms with Crippen molar-refractivity contribution in [1.29, 1.82) is 5.41 Å². The summed E-state index contributed by atoms with van der Waals surface area (Å²) in [5.74, 6) is -2.49. The van der Waals surface area contributed by atoms with Crippen LogP contribution in [0.15, 0.2) is 40.8 Å². The second-order valence-corrected chi connectivity index (χ2v) is 4.62. The van der Waals surface area contributed by atoms with Crippen molar-refractivity contribution in [3.63, 3.8) is 0 Å². The molecule has 9 heteroatoms. The van der Waals surface area contributed by atoms with Gasteiger partial charge in [-0.3, -0.25) is 15.6 Å². The van der Waals surface area contributed by atoms with Crippen LogP contribution in [-0.4, -0.2) is 41.3 Å². The lowest BCUT2D eigenvalue weighted by molar-refractivity contribution is 0.0956. The molecule has 0 aliphatic carbocycles. The van der Waals surface area contributed by atoms with E-state index >= 15 is 0 Å². The number of pyridine rings is 1. The van der Waals surface area contributed by atoms with E-state index in [2.05, 4.69) is 20.8 Å². The standard InChI is InChI=1S/C15H16FN5O3/c1-2-24-13(17)10(12-4-3-5-20-21-12)8-19-14(22)9-6-11(16)15(23)18-7-9/h3-7,17,21H,2,8H2,1H3,(H,18,23)(H,19,22)/b12-10-,17-13?. The number of aromatic nitrogens is 1. The molecule has 1 amide bonds. The van der Waals surface area contributed by atoms with Crippen LogP contribution < -0.4 is 10.7 Å². The van der Waals surface area contributed by atoms with E-state index < -0.39 is 17.6 Å². The molecule has 0 fully saturated rings. The number of aromatic hydroxyl groups is 1. The van der Waals surface area contributed by atoms with Gasteiger partial charge in [0.25, 0.3) is 5.91 Å². The highest BCUT2D eigenvalue weighted by atomic mass is 19.1. The molecule has 0 aromatic carbocycles. The Hall–Kier alpha value is -3.23. The Labute approximate surface area is 137 Å². The van der Waals surface area contributed by atoms with Gasteiger partial charge < -0.3 is 15.2 Å². The Morgan fingerprint density at radius 2 is 2.33 bits per heavy atom. The Bertz CT molecular complexity index is 743. The minimum absolute atomic E-state index is 0.0393. The minimum atomic E-state index is -0.991. The molecule has 0 spiro atoms. The fourth-order valence-corrected chi connectivity index (χ4v) is 1.85. The fraction of sp³-hybridized carbons (Fsp3) is 0.200. The Morgan fingerprint density at radius 3 is 2.96 bits per heavy atom. The quantitative estimate of drug-likeness (QED) is 0.474. The SMILES string of the molecule is CCOC(=N)/C(CNC(=O)c1cnc(O)c(F)c1)=C1/C=CC=NN1. The van der Waals surface area contributed by atoms with Gasteiger partial charge >= 0.3 is 0 Å². The molecule has 8 nitrogen and oxygen atoms in total. The molecule has 0 radical (unpaired) electrons. The normalized spacial score (nSPS) is 14.8. The molecule has 1 aliphatic heterocycles. The van der Waals surface area contributed by atoms with Crippen LogP contribution >= 0.6 is 0 Å². The molecule has 2 rings (SSSR count). The van der Waals surface area contributed by atoms with Crippen LogP contribution in [0.5, 0.6) is 5.88 Å². The van der Waals surface area contributed by atoms with Gasteiger partial charge in [0.05, 0.1) is 30.0 Å². The van der Waals surface area contributed by atoms with E-state index in [0.29, 0.717) is 17.9 Å². The number of allylic oxidation sites excluding steroid dienone is 2. The van der Waals surface area contributed by atoms with Gasteiger partial charge in [-0.05, 0) is 25.1 Å². The van der Waals surface area contributed by atoms with Gasteiger partial charge in [-0.15, -0.1) is 0 Å². The van der Waals surface area contributed by atoms with Crippen LogP contribution in [0, 0.1) is 11.2 Å². The first-order valence-electron chi connectivity index (χ1n) is 7.06. The molecule has 126 valence electrons. The molecule has 4 N–H and O–H groups in total. The van der Waals surface area contributed by atoms with Crippen LogP contribution in [0.4, 0.5) is 4.39 Å². The average molecular weight is 333 g/mol. The summed E-state index contributed by atoms with van der Waals surface area (Å²) in [6.07, 6.45) is 5.95. The molecule has 0 atom stereocenters. The van der Waals surface area contributed by atoms with Gasteiger partial charge in [0.15, 0.2) is 5.82 Å². The van der Waals surface area contributed by atoms with Crippen molar-refractivity contribution < 1.29 is 19.0 Å². The third-order valence-electron chi connectivity index (χ3n) is 3.01. The van der Waals surface area contributed by atoms with Gasteiger partial charge in [0.2, 0.25) is 11.8 Å². The van der Waals surface area contributed by atoms with Crippen LogP contribution in [-0.2, 0) is 4.74 Å².